The number of aliphatic hydroxyl groups is 1. The Balaban J connectivity index is 1.20. The van der Waals surface area contributed by atoms with E-state index < -0.39 is 16.1 Å². The van der Waals surface area contributed by atoms with Crippen molar-refractivity contribution in [3.05, 3.63) is 47.5 Å². The average molecular weight is 459 g/mol. The first-order chi connectivity index (χ1) is 15.3. The van der Waals surface area contributed by atoms with E-state index >= 15 is 0 Å². The molecule has 0 amide bonds. The SMILES string of the molecule is CS(=O)(=O)Nc1ccc2c(c1)[C@H](O)CC1(CCN(CCc3ccc4nonc4c3)CC1)O2. The average Bonchev–Trinajstić information content (AvgIpc) is 3.21. The molecule has 3 aromatic rings. The van der Waals surface area contributed by atoms with E-state index in [4.69, 9.17) is 9.37 Å². The molecule has 2 aliphatic rings. The van der Waals surface area contributed by atoms with Crippen LogP contribution in [0.1, 0.15) is 36.5 Å². The van der Waals surface area contributed by atoms with Gasteiger partial charge in [-0.2, -0.15) is 0 Å². The Morgan fingerprint density at radius 1 is 1.16 bits per heavy atom. The Labute approximate surface area is 186 Å². The molecule has 0 saturated carbocycles. The number of ether oxygens (including phenoxy) is 1. The highest BCUT2D eigenvalue weighted by Crippen LogP contribution is 2.45. The van der Waals surface area contributed by atoms with Crippen LogP contribution in [0.15, 0.2) is 41.0 Å². The fourth-order valence-corrected chi connectivity index (χ4v) is 5.23. The minimum absolute atomic E-state index is 0.389. The molecule has 3 heterocycles. The molecule has 9 nitrogen and oxygen atoms in total. The number of rotatable bonds is 5. The Morgan fingerprint density at radius 2 is 1.94 bits per heavy atom. The van der Waals surface area contributed by atoms with Crippen LogP contribution in [-0.2, 0) is 16.4 Å². The molecule has 170 valence electrons. The molecule has 10 heteroatoms. The van der Waals surface area contributed by atoms with Gasteiger partial charge < -0.3 is 14.7 Å². The van der Waals surface area contributed by atoms with Gasteiger partial charge in [-0.1, -0.05) is 6.07 Å². The van der Waals surface area contributed by atoms with Gasteiger partial charge in [-0.15, -0.1) is 0 Å². The van der Waals surface area contributed by atoms with Crippen LogP contribution in [0, 0.1) is 0 Å². The van der Waals surface area contributed by atoms with Crippen molar-refractivity contribution >= 4 is 26.7 Å². The minimum atomic E-state index is -3.38. The third kappa shape index (κ3) is 4.43. The summed E-state index contributed by atoms with van der Waals surface area (Å²) in [5.74, 6) is 0.630. The number of hydrogen-bond donors (Lipinski definition) is 2. The molecule has 0 aliphatic carbocycles. The van der Waals surface area contributed by atoms with E-state index in [1.807, 2.05) is 12.1 Å². The Bertz CT molecular complexity index is 1230. The third-order valence-corrected chi connectivity index (χ3v) is 6.97. The predicted octanol–water partition coefficient (Wildman–Crippen LogP) is 2.49. The molecule has 1 aromatic heterocycles. The fourth-order valence-electron chi connectivity index (χ4n) is 4.68. The van der Waals surface area contributed by atoms with Gasteiger partial charge in [0.1, 0.15) is 22.4 Å². The molecular weight excluding hydrogens is 432 g/mol. The molecule has 2 aromatic carbocycles. The number of sulfonamides is 1. The first-order valence-electron chi connectivity index (χ1n) is 10.7. The lowest BCUT2D eigenvalue weighted by Crippen LogP contribution is -2.50. The number of nitrogens with one attached hydrogen (secondary N) is 1. The fraction of sp³-hybridized carbons (Fsp3) is 0.455. The molecule has 0 bridgehead atoms. The number of likely N-dealkylation sites (tertiary alicyclic amines) is 1. The van der Waals surface area contributed by atoms with E-state index in [1.165, 1.54) is 5.56 Å². The van der Waals surface area contributed by atoms with Crippen LogP contribution < -0.4 is 9.46 Å². The van der Waals surface area contributed by atoms with Crippen molar-refractivity contribution in [3.63, 3.8) is 0 Å². The Morgan fingerprint density at radius 3 is 2.72 bits per heavy atom. The number of aromatic nitrogens is 2. The van der Waals surface area contributed by atoms with Gasteiger partial charge in [0.25, 0.3) is 0 Å². The van der Waals surface area contributed by atoms with Crippen molar-refractivity contribution in [2.24, 2.45) is 0 Å². The van der Waals surface area contributed by atoms with Gasteiger partial charge in [0, 0.05) is 37.3 Å². The van der Waals surface area contributed by atoms with Crippen LogP contribution in [0.4, 0.5) is 5.69 Å². The maximum Gasteiger partial charge on any atom is 0.229 e. The second kappa shape index (κ2) is 8.02. The molecule has 5 rings (SSSR count). The Kier molecular flexibility index (Phi) is 5.31. The molecule has 1 fully saturated rings. The van der Waals surface area contributed by atoms with Crippen molar-refractivity contribution in [1.29, 1.82) is 0 Å². The van der Waals surface area contributed by atoms with Crippen LogP contribution in [0.3, 0.4) is 0 Å². The standard InChI is InChI=1S/C22H26N4O5S/c1-32(28,29)25-16-3-5-21-17(13-16)20(27)14-22(30-21)7-10-26(11-8-22)9-6-15-2-4-18-19(12-15)24-31-23-18/h2-5,12-13,20,25,27H,6-11,14H2,1H3/t20-/m1/s1. The van der Waals surface area contributed by atoms with Crippen molar-refractivity contribution in [1.82, 2.24) is 15.2 Å². The molecule has 1 atom stereocenters. The number of anilines is 1. The number of piperidine rings is 1. The largest absolute Gasteiger partial charge is 0.487 e. The van der Waals surface area contributed by atoms with Crippen molar-refractivity contribution < 1.29 is 22.9 Å². The summed E-state index contributed by atoms with van der Waals surface area (Å²) in [5, 5.41) is 18.5. The second-order valence-electron chi connectivity index (χ2n) is 8.81. The van der Waals surface area contributed by atoms with E-state index in [1.54, 1.807) is 18.2 Å². The lowest BCUT2D eigenvalue weighted by atomic mass is 9.81. The Hall–Kier alpha value is -2.69. The lowest BCUT2D eigenvalue weighted by molar-refractivity contribution is -0.0536. The van der Waals surface area contributed by atoms with Crippen LogP contribution in [0.5, 0.6) is 5.75 Å². The van der Waals surface area contributed by atoms with Gasteiger partial charge >= 0.3 is 0 Å². The number of aliphatic hydroxyl groups excluding tert-OH is 1. The first kappa shape index (κ1) is 21.2. The second-order valence-corrected chi connectivity index (χ2v) is 10.6. The minimum Gasteiger partial charge on any atom is -0.487 e. The van der Waals surface area contributed by atoms with Gasteiger partial charge in [0.05, 0.1) is 12.4 Å². The highest BCUT2D eigenvalue weighted by Gasteiger charge is 2.42. The summed E-state index contributed by atoms with van der Waals surface area (Å²) >= 11 is 0. The molecule has 2 aliphatic heterocycles. The number of hydrogen-bond acceptors (Lipinski definition) is 8. The van der Waals surface area contributed by atoms with E-state index in [9.17, 15) is 13.5 Å². The van der Waals surface area contributed by atoms with Crippen LogP contribution in [0.2, 0.25) is 0 Å². The zero-order chi connectivity index (χ0) is 22.3. The number of nitrogens with zero attached hydrogens (tertiary/aromatic N) is 3. The van der Waals surface area contributed by atoms with E-state index in [-0.39, 0.29) is 5.60 Å². The zero-order valence-electron chi connectivity index (χ0n) is 17.8. The van der Waals surface area contributed by atoms with Crippen molar-refractivity contribution in [3.8, 4) is 5.75 Å². The lowest BCUT2D eigenvalue weighted by Gasteiger charge is -2.46. The number of fused-ring (bicyclic) bond motifs is 2. The molecule has 1 saturated heterocycles. The van der Waals surface area contributed by atoms with Gasteiger partial charge in [-0.25, -0.2) is 13.0 Å². The molecule has 0 radical (unpaired) electrons. The third-order valence-electron chi connectivity index (χ3n) is 6.37. The van der Waals surface area contributed by atoms with Crippen molar-refractivity contribution in [2.75, 3.05) is 30.6 Å². The van der Waals surface area contributed by atoms with E-state index in [0.717, 1.165) is 56.2 Å². The zero-order valence-corrected chi connectivity index (χ0v) is 18.6. The maximum absolute atomic E-state index is 11.5. The van der Waals surface area contributed by atoms with Crippen LogP contribution in [0.25, 0.3) is 11.0 Å². The summed E-state index contributed by atoms with van der Waals surface area (Å²) < 4.78 is 36.6. The summed E-state index contributed by atoms with van der Waals surface area (Å²) in [6, 6.07) is 11.1. The highest BCUT2D eigenvalue weighted by atomic mass is 32.2. The molecule has 0 unspecified atom stereocenters. The van der Waals surface area contributed by atoms with E-state index in [0.29, 0.717) is 23.4 Å². The summed E-state index contributed by atoms with van der Waals surface area (Å²) in [5.41, 5.74) is 3.41. The molecular formula is C22H26N4O5S. The molecule has 1 spiro atoms. The maximum atomic E-state index is 11.5. The first-order valence-corrected chi connectivity index (χ1v) is 12.6. The van der Waals surface area contributed by atoms with Crippen LogP contribution in [-0.4, -0.2) is 60.2 Å². The van der Waals surface area contributed by atoms with E-state index in [2.05, 4.69) is 26.0 Å². The summed E-state index contributed by atoms with van der Waals surface area (Å²) in [4.78, 5) is 2.42. The number of benzene rings is 2. The monoisotopic (exact) mass is 458 g/mol. The van der Waals surface area contributed by atoms with Gasteiger partial charge in [0.2, 0.25) is 10.0 Å². The smallest absolute Gasteiger partial charge is 0.229 e. The summed E-state index contributed by atoms with van der Waals surface area (Å²) in [6.07, 6.45) is 3.50. The van der Waals surface area contributed by atoms with Gasteiger partial charge in [-0.3, -0.25) is 4.72 Å². The van der Waals surface area contributed by atoms with Gasteiger partial charge in [0.15, 0.2) is 0 Å². The summed E-state index contributed by atoms with van der Waals surface area (Å²) in [6.45, 7) is 2.72. The summed E-state index contributed by atoms with van der Waals surface area (Å²) in [7, 11) is -3.38. The topological polar surface area (TPSA) is 118 Å². The normalized spacial score (nSPS) is 20.8. The van der Waals surface area contributed by atoms with Gasteiger partial charge in [-0.05, 0) is 65.5 Å². The van der Waals surface area contributed by atoms with Crippen molar-refractivity contribution in [2.45, 2.75) is 37.4 Å². The van der Waals surface area contributed by atoms with Crippen LogP contribution >= 0.6 is 0 Å². The predicted molar refractivity (Wildman–Crippen MR) is 119 cm³/mol. The highest BCUT2D eigenvalue weighted by molar-refractivity contribution is 7.92. The molecule has 2 N–H and O–H groups in total. The molecule has 32 heavy (non-hydrogen) atoms. The quantitative estimate of drug-likeness (QED) is 0.599.